The lowest BCUT2D eigenvalue weighted by Crippen LogP contribution is -2.62. The quantitative estimate of drug-likeness (QED) is 0.650. The van der Waals surface area contributed by atoms with Gasteiger partial charge in [-0.15, -0.1) is 13.2 Å². The first-order valence-electron chi connectivity index (χ1n) is 9.45. The van der Waals surface area contributed by atoms with Crippen LogP contribution in [-0.4, -0.2) is 49.1 Å². The number of halogens is 3. The predicted octanol–water partition coefficient (Wildman–Crippen LogP) is 4.79. The van der Waals surface area contributed by atoms with Crippen LogP contribution in [0.4, 0.5) is 18.0 Å². The second-order valence-electron chi connectivity index (χ2n) is 8.79. The molecule has 0 atom stereocenters. The molecule has 0 unspecified atom stereocenters. The molecule has 9 heteroatoms. The number of carbonyl (C=O) groups excluding carboxylic acids is 2. The van der Waals surface area contributed by atoms with Crippen LogP contribution in [0.25, 0.3) is 6.08 Å². The fourth-order valence-electron chi connectivity index (χ4n) is 3.81. The monoisotopic (exact) mass is 427 g/mol. The van der Waals surface area contributed by atoms with Gasteiger partial charge < -0.3 is 19.1 Å². The smallest absolute Gasteiger partial charge is 0.465 e. The van der Waals surface area contributed by atoms with Gasteiger partial charge in [-0.3, -0.25) is 0 Å². The van der Waals surface area contributed by atoms with E-state index in [9.17, 15) is 22.8 Å². The highest BCUT2D eigenvalue weighted by Crippen LogP contribution is 2.52. The van der Waals surface area contributed by atoms with Crippen LogP contribution in [0.3, 0.4) is 0 Å². The fraction of sp³-hybridized carbons (Fsp3) is 0.524. The summed E-state index contributed by atoms with van der Waals surface area (Å²) in [6.07, 6.45) is -1.98. The van der Waals surface area contributed by atoms with Crippen LogP contribution in [0.2, 0.25) is 0 Å². The normalized spacial score (nSPS) is 17.7. The number of rotatable bonds is 3. The zero-order chi connectivity index (χ0) is 22.3. The van der Waals surface area contributed by atoms with Crippen molar-refractivity contribution in [2.24, 2.45) is 5.41 Å². The van der Waals surface area contributed by atoms with Crippen molar-refractivity contribution >= 4 is 18.1 Å². The van der Waals surface area contributed by atoms with Gasteiger partial charge in [0.15, 0.2) is 0 Å². The van der Waals surface area contributed by atoms with E-state index in [-0.39, 0.29) is 17.1 Å². The summed E-state index contributed by atoms with van der Waals surface area (Å²) in [6, 6.07) is 3.97. The molecule has 1 amide bonds. The molecule has 1 aliphatic heterocycles. The van der Waals surface area contributed by atoms with Crippen molar-refractivity contribution < 1.29 is 37.0 Å². The molecular weight excluding hydrogens is 403 g/mol. The van der Waals surface area contributed by atoms with Crippen LogP contribution >= 0.6 is 0 Å². The van der Waals surface area contributed by atoms with Gasteiger partial charge in [-0.1, -0.05) is 17.7 Å². The van der Waals surface area contributed by atoms with Gasteiger partial charge in [0.1, 0.15) is 16.9 Å². The number of nitrogens with zero attached hydrogens (tertiary/aromatic N) is 1. The summed E-state index contributed by atoms with van der Waals surface area (Å²) in [5.41, 5.74) is 0.726. The minimum Gasteiger partial charge on any atom is -0.465 e. The summed E-state index contributed by atoms with van der Waals surface area (Å²) < 4.78 is 51.9. The van der Waals surface area contributed by atoms with Crippen molar-refractivity contribution in [3.8, 4) is 5.75 Å². The molecule has 2 aliphatic rings. The number of esters is 1. The van der Waals surface area contributed by atoms with Crippen LogP contribution in [0.15, 0.2) is 23.8 Å². The molecule has 0 aromatic heterocycles. The number of hydrogen-bond donors (Lipinski definition) is 0. The maximum Gasteiger partial charge on any atom is 0.573 e. The maximum absolute atomic E-state index is 12.7. The highest BCUT2D eigenvalue weighted by Gasteiger charge is 2.52. The molecule has 1 spiro atoms. The first kappa shape index (κ1) is 22.0. The molecule has 2 fully saturated rings. The van der Waals surface area contributed by atoms with Gasteiger partial charge in [0.2, 0.25) is 0 Å². The lowest BCUT2D eigenvalue weighted by molar-refractivity contribution is -0.274. The molecule has 3 rings (SSSR count). The van der Waals surface area contributed by atoms with Crippen LogP contribution in [-0.2, 0) is 9.47 Å². The van der Waals surface area contributed by atoms with Gasteiger partial charge in [-0.25, -0.2) is 9.59 Å². The van der Waals surface area contributed by atoms with E-state index in [1.54, 1.807) is 17.0 Å². The van der Waals surface area contributed by atoms with E-state index in [1.165, 1.54) is 12.1 Å². The predicted molar refractivity (Wildman–Crippen MR) is 102 cm³/mol. The second-order valence-corrected chi connectivity index (χ2v) is 8.79. The van der Waals surface area contributed by atoms with E-state index in [4.69, 9.17) is 4.74 Å². The molecule has 1 aliphatic carbocycles. The van der Waals surface area contributed by atoms with Crippen molar-refractivity contribution in [2.45, 2.75) is 45.6 Å². The average molecular weight is 427 g/mol. The Hall–Kier alpha value is -2.71. The third kappa shape index (κ3) is 5.06. The second kappa shape index (κ2) is 7.52. The Labute approximate surface area is 172 Å². The number of hydrogen-bond acceptors (Lipinski definition) is 5. The molecule has 1 saturated heterocycles. The van der Waals surface area contributed by atoms with Gasteiger partial charge >= 0.3 is 18.4 Å². The van der Waals surface area contributed by atoms with Gasteiger partial charge in [-0.2, -0.15) is 0 Å². The lowest BCUT2D eigenvalue weighted by atomic mass is 9.60. The highest BCUT2D eigenvalue weighted by molar-refractivity contribution is 5.92. The topological polar surface area (TPSA) is 65.1 Å². The Morgan fingerprint density at radius 1 is 1.13 bits per heavy atom. The number of carbonyl (C=O) groups is 2. The Morgan fingerprint density at radius 3 is 2.30 bits per heavy atom. The van der Waals surface area contributed by atoms with Crippen molar-refractivity contribution in [3.05, 3.63) is 34.9 Å². The molecule has 0 N–H and O–H groups in total. The lowest BCUT2D eigenvalue weighted by Gasteiger charge is -2.56. The number of methoxy groups -OCH3 is 1. The summed E-state index contributed by atoms with van der Waals surface area (Å²) in [4.78, 5) is 25.4. The van der Waals surface area contributed by atoms with Crippen molar-refractivity contribution in [1.82, 2.24) is 4.90 Å². The third-order valence-electron chi connectivity index (χ3n) is 4.92. The molecule has 1 aromatic rings. The molecule has 164 valence electrons. The minimum atomic E-state index is -4.92. The van der Waals surface area contributed by atoms with E-state index >= 15 is 0 Å². The van der Waals surface area contributed by atoms with Crippen LogP contribution in [0.5, 0.6) is 5.75 Å². The molecule has 1 heterocycles. The third-order valence-corrected chi connectivity index (χ3v) is 4.92. The van der Waals surface area contributed by atoms with Gasteiger partial charge in [0.25, 0.3) is 0 Å². The summed E-state index contributed by atoms with van der Waals surface area (Å²) in [7, 11) is 1.09. The van der Waals surface area contributed by atoms with E-state index < -0.39 is 23.7 Å². The summed E-state index contributed by atoms with van der Waals surface area (Å²) >= 11 is 0. The van der Waals surface area contributed by atoms with Gasteiger partial charge in [0.05, 0.1) is 7.11 Å². The molecule has 30 heavy (non-hydrogen) atoms. The Bertz CT molecular complexity index is 870. The number of amides is 1. The Morgan fingerprint density at radius 2 is 1.77 bits per heavy atom. The van der Waals surface area contributed by atoms with Crippen molar-refractivity contribution in [1.29, 1.82) is 0 Å². The van der Waals surface area contributed by atoms with Crippen molar-refractivity contribution in [3.63, 3.8) is 0 Å². The number of ether oxygens (including phenoxy) is 3. The Kier molecular flexibility index (Phi) is 5.51. The first-order chi connectivity index (χ1) is 13.8. The van der Waals surface area contributed by atoms with E-state index in [2.05, 4.69) is 9.47 Å². The molecule has 0 radical (unpaired) electrons. The average Bonchev–Trinajstić information content (AvgIpc) is 2.52. The number of likely N-dealkylation sites (tertiary alicyclic amines) is 1. The SMILES string of the molecule is COC(=O)c1ccc(C=C2CC3(C2)CN(C(=O)OC(C)(C)C)C3)cc1OC(F)(F)F. The number of alkyl halides is 3. The van der Waals surface area contributed by atoms with Gasteiger partial charge in [-0.05, 0) is 51.3 Å². The minimum absolute atomic E-state index is 0.0139. The highest BCUT2D eigenvalue weighted by atomic mass is 19.4. The van der Waals surface area contributed by atoms with Crippen LogP contribution < -0.4 is 4.74 Å². The standard InChI is InChI=1S/C21H24F3NO5/c1-19(2,3)30-18(27)25-11-20(12-25)9-14(10-20)7-13-5-6-15(17(26)28-4)16(8-13)29-21(22,23)24/h5-8H,9-12H2,1-4H3. The van der Waals surface area contributed by atoms with Crippen LogP contribution in [0.1, 0.15) is 49.5 Å². The zero-order valence-corrected chi connectivity index (χ0v) is 17.3. The van der Waals surface area contributed by atoms with Gasteiger partial charge in [0, 0.05) is 18.5 Å². The fourth-order valence-corrected chi connectivity index (χ4v) is 3.81. The summed E-state index contributed by atoms with van der Waals surface area (Å²) in [5.74, 6) is -1.51. The van der Waals surface area contributed by atoms with Crippen LogP contribution in [0, 0.1) is 5.41 Å². The summed E-state index contributed by atoms with van der Waals surface area (Å²) in [5, 5.41) is 0. The molecule has 1 saturated carbocycles. The van der Waals surface area contributed by atoms with Crippen molar-refractivity contribution in [2.75, 3.05) is 20.2 Å². The van der Waals surface area contributed by atoms with E-state index in [1.807, 2.05) is 20.8 Å². The first-order valence-corrected chi connectivity index (χ1v) is 9.45. The number of allylic oxidation sites excluding steroid dienone is 1. The zero-order valence-electron chi connectivity index (χ0n) is 17.3. The Balaban J connectivity index is 1.65. The van der Waals surface area contributed by atoms with E-state index in [0.717, 1.165) is 25.5 Å². The van der Waals surface area contributed by atoms with E-state index in [0.29, 0.717) is 18.7 Å². The molecule has 0 bridgehead atoms. The largest absolute Gasteiger partial charge is 0.573 e. The summed E-state index contributed by atoms with van der Waals surface area (Å²) in [6.45, 7) is 6.64. The molecule has 1 aromatic carbocycles. The number of benzene rings is 1. The molecular formula is C21H24F3NO5. The maximum atomic E-state index is 12.7. The molecule has 6 nitrogen and oxygen atoms in total.